The van der Waals surface area contributed by atoms with E-state index in [1.54, 1.807) is 4.90 Å². The van der Waals surface area contributed by atoms with Crippen LogP contribution in [0.3, 0.4) is 0 Å². The summed E-state index contributed by atoms with van der Waals surface area (Å²) in [5, 5.41) is 11.9. The van der Waals surface area contributed by atoms with E-state index < -0.39 is 0 Å². The van der Waals surface area contributed by atoms with Crippen molar-refractivity contribution in [3.8, 4) is 5.75 Å². The molecule has 1 aromatic heterocycles. The summed E-state index contributed by atoms with van der Waals surface area (Å²) in [6.45, 7) is 5.50. The highest BCUT2D eigenvalue weighted by molar-refractivity contribution is 5.81. The molecule has 2 N–H and O–H groups in total. The van der Waals surface area contributed by atoms with E-state index in [-0.39, 0.29) is 12.5 Å². The number of amides is 1. The predicted octanol–water partition coefficient (Wildman–Crippen LogP) is 2.88. The number of carbonyl (C=O) groups is 1. The Balaban J connectivity index is 1.14. The molecule has 8 nitrogen and oxygen atoms in total. The van der Waals surface area contributed by atoms with Gasteiger partial charge in [-0.3, -0.25) is 14.8 Å². The van der Waals surface area contributed by atoms with Crippen LogP contribution in [0.5, 0.6) is 5.75 Å². The van der Waals surface area contributed by atoms with Crippen molar-refractivity contribution in [2.45, 2.75) is 25.4 Å². The van der Waals surface area contributed by atoms with Crippen molar-refractivity contribution in [2.75, 3.05) is 51.3 Å². The number of likely N-dealkylation sites (tertiary alicyclic amines) is 1. The van der Waals surface area contributed by atoms with Gasteiger partial charge in [0.15, 0.2) is 6.61 Å². The summed E-state index contributed by atoms with van der Waals surface area (Å²) >= 11 is 0. The number of fused-ring (bicyclic) bond motifs is 1. The molecule has 0 spiro atoms. The second kappa shape index (κ2) is 10.2. The first-order valence-corrected chi connectivity index (χ1v) is 11.7. The lowest BCUT2D eigenvalue weighted by atomic mass is 10.0. The summed E-state index contributed by atoms with van der Waals surface area (Å²) in [5.41, 5.74) is 3.39. The maximum Gasteiger partial charge on any atom is 0.260 e. The zero-order valence-corrected chi connectivity index (χ0v) is 18.8. The van der Waals surface area contributed by atoms with Gasteiger partial charge < -0.3 is 19.7 Å². The largest absolute Gasteiger partial charge is 0.484 e. The highest BCUT2D eigenvalue weighted by Gasteiger charge is 2.21. The minimum absolute atomic E-state index is 0.0160. The molecule has 5 rings (SSSR count). The SMILES string of the molecule is O=C(COc1cccc(CN2CCCC(Nc3ccc4[nH]ncc4c3)C2)c1)N1CCOCC1. The number of piperidine rings is 1. The van der Waals surface area contributed by atoms with Crippen molar-refractivity contribution < 1.29 is 14.3 Å². The molecule has 1 atom stereocenters. The van der Waals surface area contributed by atoms with E-state index in [2.05, 4.69) is 50.7 Å². The van der Waals surface area contributed by atoms with Crippen LogP contribution in [0.4, 0.5) is 5.69 Å². The Hall–Kier alpha value is -3.10. The van der Waals surface area contributed by atoms with Gasteiger partial charge in [0.2, 0.25) is 0 Å². The molecular weight excluding hydrogens is 418 g/mol. The summed E-state index contributed by atoms with van der Waals surface area (Å²) in [6, 6.07) is 14.8. The minimum atomic E-state index is 0.0160. The monoisotopic (exact) mass is 449 g/mol. The van der Waals surface area contributed by atoms with Gasteiger partial charge in [0.25, 0.3) is 5.91 Å². The Morgan fingerprint density at radius 3 is 3.00 bits per heavy atom. The number of carbonyl (C=O) groups excluding carboxylic acids is 1. The number of aromatic amines is 1. The van der Waals surface area contributed by atoms with Gasteiger partial charge in [0.1, 0.15) is 5.75 Å². The van der Waals surface area contributed by atoms with Crippen LogP contribution in [0.25, 0.3) is 10.9 Å². The Bertz CT molecular complexity index is 1080. The lowest BCUT2D eigenvalue weighted by molar-refractivity contribution is -0.137. The third-order valence-electron chi connectivity index (χ3n) is 6.35. The third-order valence-corrected chi connectivity index (χ3v) is 6.35. The first kappa shape index (κ1) is 21.7. The molecule has 33 heavy (non-hydrogen) atoms. The van der Waals surface area contributed by atoms with Crippen molar-refractivity contribution in [3.05, 3.63) is 54.2 Å². The van der Waals surface area contributed by atoms with Crippen LogP contribution < -0.4 is 10.1 Å². The normalized spacial score (nSPS) is 19.5. The van der Waals surface area contributed by atoms with Crippen LogP contribution in [0, 0.1) is 0 Å². The van der Waals surface area contributed by atoms with Crippen molar-refractivity contribution in [2.24, 2.45) is 0 Å². The van der Waals surface area contributed by atoms with Crippen molar-refractivity contribution in [1.29, 1.82) is 0 Å². The molecule has 0 radical (unpaired) electrons. The topological polar surface area (TPSA) is 82.7 Å². The summed E-state index contributed by atoms with van der Waals surface area (Å²) in [6.07, 6.45) is 4.18. The Labute approximate surface area is 193 Å². The van der Waals surface area contributed by atoms with Gasteiger partial charge in [0, 0.05) is 43.3 Å². The third kappa shape index (κ3) is 5.64. The maximum atomic E-state index is 12.3. The molecule has 1 amide bonds. The van der Waals surface area contributed by atoms with Crippen LogP contribution in [-0.2, 0) is 16.1 Å². The number of nitrogens with one attached hydrogen (secondary N) is 2. The molecule has 2 aromatic carbocycles. The van der Waals surface area contributed by atoms with Crippen LogP contribution in [0.1, 0.15) is 18.4 Å². The number of anilines is 1. The smallest absolute Gasteiger partial charge is 0.260 e. The molecule has 3 aromatic rings. The summed E-state index contributed by atoms with van der Waals surface area (Å²) in [7, 11) is 0. The minimum Gasteiger partial charge on any atom is -0.484 e. The average molecular weight is 450 g/mol. The standard InChI is InChI=1S/C25H31N5O3/c31-25(30-9-11-32-12-10-30)18-33-23-5-1-3-19(13-23)16-29-8-2-4-22(17-29)27-21-6-7-24-20(14-21)15-26-28-24/h1,3,5-7,13-15,22,27H,2,4,8-12,16-18H2,(H,26,28). The fraction of sp³-hybridized carbons (Fsp3) is 0.440. The molecule has 3 heterocycles. The number of hydrogen-bond donors (Lipinski definition) is 2. The molecule has 0 bridgehead atoms. The first-order chi connectivity index (χ1) is 16.2. The van der Waals surface area contributed by atoms with Crippen molar-refractivity contribution in [3.63, 3.8) is 0 Å². The van der Waals surface area contributed by atoms with E-state index in [9.17, 15) is 4.79 Å². The van der Waals surface area contributed by atoms with E-state index >= 15 is 0 Å². The van der Waals surface area contributed by atoms with Crippen LogP contribution in [0.2, 0.25) is 0 Å². The van der Waals surface area contributed by atoms with Gasteiger partial charge >= 0.3 is 0 Å². The van der Waals surface area contributed by atoms with E-state index in [1.165, 1.54) is 5.56 Å². The molecule has 2 aliphatic rings. The zero-order valence-electron chi connectivity index (χ0n) is 18.8. The lowest BCUT2D eigenvalue weighted by Crippen LogP contribution is -2.43. The molecule has 2 fully saturated rings. The van der Waals surface area contributed by atoms with E-state index in [1.807, 2.05) is 18.3 Å². The number of hydrogen-bond acceptors (Lipinski definition) is 6. The van der Waals surface area contributed by atoms with Gasteiger partial charge in [-0.1, -0.05) is 12.1 Å². The number of rotatable bonds is 7. The fourth-order valence-electron chi connectivity index (χ4n) is 4.63. The van der Waals surface area contributed by atoms with Crippen LogP contribution in [-0.4, -0.2) is 77.9 Å². The highest BCUT2D eigenvalue weighted by Crippen LogP contribution is 2.22. The number of aromatic nitrogens is 2. The van der Waals surface area contributed by atoms with Crippen molar-refractivity contribution in [1.82, 2.24) is 20.0 Å². The highest BCUT2D eigenvalue weighted by atomic mass is 16.5. The predicted molar refractivity (Wildman–Crippen MR) is 127 cm³/mol. The molecule has 8 heteroatoms. The molecule has 0 aliphatic carbocycles. The van der Waals surface area contributed by atoms with Crippen LogP contribution >= 0.6 is 0 Å². The molecule has 1 unspecified atom stereocenters. The number of morpholine rings is 1. The number of H-pyrrole nitrogens is 1. The first-order valence-electron chi connectivity index (χ1n) is 11.7. The van der Waals surface area contributed by atoms with Crippen LogP contribution in [0.15, 0.2) is 48.7 Å². The van der Waals surface area contributed by atoms with Crippen molar-refractivity contribution >= 4 is 22.5 Å². The maximum absolute atomic E-state index is 12.3. The van der Waals surface area contributed by atoms with Gasteiger partial charge in [0.05, 0.1) is 24.9 Å². The van der Waals surface area contributed by atoms with E-state index in [4.69, 9.17) is 9.47 Å². The quantitative estimate of drug-likeness (QED) is 0.577. The lowest BCUT2D eigenvalue weighted by Gasteiger charge is -2.33. The second-order valence-electron chi connectivity index (χ2n) is 8.82. The Morgan fingerprint density at radius 2 is 2.09 bits per heavy atom. The summed E-state index contributed by atoms with van der Waals surface area (Å²) in [5.74, 6) is 0.761. The zero-order chi connectivity index (χ0) is 22.5. The molecular formula is C25H31N5O3. The van der Waals surface area contributed by atoms with Gasteiger partial charge in [-0.05, 0) is 55.3 Å². The molecule has 0 saturated carbocycles. The average Bonchev–Trinajstić information content (AvgIpc) is 3.32. The number of nitrogens with zero attached hydrogens (tertiary/aromatic N) is 3. The van der Waals surface area contributed by atoms with E-state index in [0.29, 0.717) is 32.3 Å². The summed E-state index contributed by atoms with van der Waals surface area (Å²) in [4.78, 5) is 16.6. The molecule has 174 valence electrons. The fourth-order valence-corrected chi connectivity index (χ4v) is 4.63. The Morgan fingerprint density at radius 1 is 1.18 bits per heavy atom. The second-order valence-corrected chi connectivity index (χ2v) is 8.82. The van der Waals surface area contributed by atoms with Gasteiger partial charge in [-0.2, -0.15) is 5.10 Å². The Kier molecular flexibility index (Phi) is 6.73. The van der Waals surface area contributed by atoms with E-state index in [0.717, 1.165) is 54.8 Å². The molecule has 2 saturated heterocycles. The molecule has 2 aliphatic heterocycles. The van der Waals surface area contributed by atoms with Gasteiger partial charge in [-0.25, -0.2) is 0 Å². The number of benzene rings is 2. The van der Waals surface area contributed by atoms with Gasteiger partial charge in [-0.15, -0.1) is 0 Å². The number of ether oxygens (including phenoxy) is 2. The summed E-state index contributed by atoms with van der Waals surface area (Å²) < 4.78 is 11.1.